The Labute approximate surface area is 321 Å². The van der Waals surface area contributed by atoms with Gasteiger partial charge in [-0.05, 0) is 77.2 Å². The quantitative estimate of drug-likeness (QED) is 0.178. The van der Waals surface area contributed by atoms with E-state index in [1.165, 1.54) is 10.8 Å². The van der Waals surface area contributed by atoms with Crippen LogP contribution in [0.4, 0.5) is 17.1 Å². The van der Waals surface area contributed by atoms with E-state index in [2.05, 4.69) is 175 Å². The van der Waals surface area contributed by atoms with Crippen molar-refractivity contribution in [2.45, 2.75) is 0 Å². The van der Waals surface area contributed by atoms with E-state index < -0.39 is 0 Å². The average molecular weight is 718 g/mol. The summed E-state index contributed by atoms with van der Waals surface area (Å²) in [6, 6.07) is 66.0. The fourth-order valence-electron chi connectivity index (χ4n) is 8.74. The lowest BCUT2D eigenvalue weighted by atomic mass is 9.97. The molecule has 0 saturated carbocycles. The lowest BCUT2D eigenvalue weighted by Gasteiger charge is -2.26. The van der Waals surface area contributed by atoms with Crippen LogP contribution in [0, 0.1) is 0 Å². The number of rotatable bonds is 5. The molecule has 0 spiro atoms. The van der Waals surface area contributed by atoms with E-state index in [4.69, 9.17) is 13.3 Å². The Morgan fingerprint density at radius 2 is 0.893 bits per heavy atom. The number of hydrogen-bond acceptors (Lipinski definition) is 4. The zero-order valence-electron chi connectivity index (χ0n) is 30.1. The van der Waals surface area contributed by atoms with Crippen LogP contribution in [0.2, 0.25) is 0 Å². The predicted octanol–water partition coefficient (Wildman–Crippen LogP) is 15.3. The Bertz CT molecular complexity index is 3490. The molecule has 0 atom stereocenters. The summed E-state index contributed by atoms with van der Waals surface area (Å²) in [6.07, 6.45) is 0. The molecule has 0 aliphatic heterocycles. The highest BCUT2D eigenvalue weighted by atomic mass is 16.3. The molecule has 0 amide bonds. The van der Waals surface area contributed by atoms with Crippen LogP contribution in [0.15, 0.2) is 201 Å². The van der Waals surface area contributed by atoms with Gasteiger partial charge < -0.3 is 18.2 Å². The number of furan rings is 3. The summed E-state index contributed by atoms with van der Waals surface area (Å²) in [6.45, 7) is 0. The van der Waals surface area contributed by atoms with Gasteiger partial charge in [0.1, 0.15) is 33.5 Å². The van der Waals surface area contributed by atoms with Crippen molar-refractivity contribution < 1.29 is 13.3 Å². The van der Waals surface area contributed by atoms with Gasteiger partial charge in [-0.25, -0.2) is 0 Å². The van der Waals surface area contributed by atoms with E-state index in [0.717, 1.165) is 105 Å². The number of anilines is 3. The van der Waals surface area contributed by atoms with Gasteiger partial charge in [-0.3, -0.25) is 0 Å². The SMILES string of the molecule is c1ccc(N(c2ccc3oc4c(-c5cccc6c5oc5ccc(-c7cccc8oc9ccccc9c78)cc56)cccc4c3c2)c2cccc3ccccc23)cc1. The van der Waals surface area contributed by atoms with Gasteiger partial charge in [-0.15, -0.1) is 0 Å². The van der Waals surface area contributed by atoms with Gasteiger partial charge >= 0.3 is 0 Å². The fraction of sp³-hybridized carbons (Fsp3) is 0. The third-order valence-corrected chi connectivity index (χ3v) is 11.3. The largest absolute Gasteiger partial charge is 0.456 e. The molecule has 0 N–H and O–H groups in total. The van der Waals surface area contributed by atoms with Gasteiger partial charge in [0.15, 0.2) is 0 Å². The van der Waals surface area contributed by atoms with Crippen molar-refractivity contribution in [3.05, 3.63) is 188 Å². The molecule has 0 aliphatic carbocycles. The third kappa shape index (κ3) is 4.60. The van der Waals surface area contributed by atoms with E-state index in [9.17, 15) is 0 Å². The Morgan fingerprint density at radius 3 is 1.70 bits per heavy atom. The van der Waals surface area contributed by atoms with E-state index in [-0.39, 0.29) is 0 Å². The van der Waals surface area contributed by atoms with Crippen molar-refractivity contribution in [3.63, 3.8) is 0 Å². The molecule has 56 heavy (non-hydrogen) atoms. The topological polar surface area (TPSA) is 42.7 Å². The lowest BCUT2D eigenvalue weighted by Crippen LogP contribution is -2.10. The molecule has 12 rings (SSSR count). The van der Waals surface area contributed by atoms with Crippen molar-refractivity contribution in [3.8, 4) is 22.3 Å². The molecule has 3 heterocycles. The lowest BCUT2D eigenvalue weighted by molar-refractivity contribution is 0.665. The van der Waals surface area contributed by atoms with E-state index in [0.29, 0.717) is 0 Å². The number of para-hydroxylation sites is 4. The van der Waals surface area contributed by atoms with Crippen LogP contribution < -0.4 is 4.90 Å². The molecule has 0 aliphatic rings. The molecule has 12 aromatic rings. The summed E-state index contributed by atoms with van der Waals surface area (Å²) >= 11 is 0. The van der Waals surface area contributed by atoms with Gasteiger partial charge in [0, 0.05) is 60.2 Å². The van der Waals surface area contributed by atoms with Crippen molar-refractivity contribution in [1.29, 1.82) is 0 Å². The summed E-state index contributed by atoms with van der Waals surface area (Å²) in [7, 11) is 0. The van der Waals surface area contributed by atoms with Crippen molar-refractivity contribution in [2.75, 3.05) is 4.90 Å². The van der Waals surface area contributed by atoms with Crippen LogP contribution in [0.25, 0.3) is 98.8 Å². The molecule has 0 saturated heterocycles. The number of fused-ring (bicyclic) bond motifs is 10. The normalized spacial score (nSPS) is 11.9. The monoisotopic (exact) mass is 717 g/mol. The number of benzene rings is 9. The van der Waals surface area contributed by atoms with Gasteiger partial charge in [-0.2, -0.15) is 0 Å². The number of nitrogens with zero attached hydrogens (tertiary/aromatic N) is 1. The van der Waals surface area contributed by atoms with Gasteiger partial charge in [0.05, 0.1) is 5.69 Å². The van der Waals surface area contributed by atoms with Crippen LogP contribution in [-0.2, 0) is 0 Å². The molecule has 4 nitrogen and oxygen atoms in total. The van der Waals surface area contributed by atoms with Crippen molar-refractivity contribution >= 4 is 93.7 Å². The Balaban J connectivity index is 1.01. The standard InChI is InChI=1S/C52H31NO3/c1-2-14-34(15-3-1)53(45-23-8-13-32-12-4-5-16-36(32)45)35-27-29-48-44(31-35)41-22-10-20-39(52(41)56-48)38-19-9-21-40-43-30-33(26-28-47(43)55-51(38)40)37-18-11-25-49-50(37)42-17-6-7-24-46(42)54-49/h1-31H. The summed E-state index contributed by atoms with van der Waals surface area (Å²) in [5.74, 6) is 0. The first-order chi connectivity index (χ1) is 27.8. The minimum absolute atomic E-state index is 0.836. The molecule has 262 valence electrons. The Morgan fingerprint density at radius 1 is 0.321 bits per heavy atom. The van der Waals surface area contributed by atoms with Crippen LogP contribution in [0.3, 0.4) is 0 Å². The molecule has 0 bridgehead atoms. The first-order valence-corrected chi connectivity index (χ1v) is 18.9. The Hall–Kier alpha value is -7.56. The number of hydrogen-bond donors (Lipinski definition) is 0. The molecular weight excluding hydrogens is 687 g/mol. The first kappa shape index (κ1) is 30.9. The zero-order chi connectivity index (χ0) is 36.7. The maximum atomic E-state index is 6.75. The molecule has 0 unspecified atom stereocenters. The second-order valence-electron chi connectivity index (χ2n) is 14.4. The van der Waals surface area contributed by atoms with E-state index >= 15 is 0 Å². The smallest absolute Gasteiger partial charge is 0.143 e. The van der Waals surface area contributed by atoms with Crippen LogP contribution in [0.1, 0.15) is 0 Å². The van der Waals surface area contributed by atoms with Gasteiger partial charge in [0.2, 0.25) is 0 Å². The minimum atomic E-state index is 0.836. The third-order valence-electron chi connectivity index (χ3n) is 11.3. The summed E-state index contributed by atoms with van der Waals surface area (Å²) in [5.41, 5.74) is 12.6. The fourth-order valence-corrected chi connectivity index (χ4v) is 8.74. The van der Waals surface area contributed by atoms with Crippen molar-refractivity contribution in [2.24, 2.45) is 0 Å². The van der Waals surface area contributed by atoms with E-state index in [1.807, 2.05) is 18.2 Å². The van der Waals surface area contributed by atoms with Crippen LogP contribution in [0.5, 0.6) is 0 Å². The molecule has 9 aromatic carbocycles. The van der Waals surface area contributed by atoms with Crippen LogP contribution >= 0.6 is 0 Å². The highest BCUT2D eigenvalue weighted by molar-refractivity contribution is 6.17. The zero-order valence-corrected chi connectivity index (χ0v) is 30.1. The maximum absolute atomic E-state index is 6.75. The van der Waals surface area contributed by atoms with Gasteiger partial charge in [0.25, 0.3) is 0 Å². The molecular formula is C52H31NO3. The second kappa shape index (κ2) is 12.0. The summed E-state index contributed by atoms with van der Waals surface area (Å²) in [5, 5.41) is 8.88. The summed E-state index contributed by atoms with van der Waals surface area (Å²) in [4.78, 5) is 2.34. The summed E-state index contributed by atoms with van der Waals surface area (Å²) < 4.78 is 19.7. The van der Waals surface area contributed by atoms with Crippen molar-refractivity contribution in [1.82, 2.24) is 0 Å². The minimum Gasteiger partial charge on any atom is -0.456 e. The highest BCUT2D eigenvalue weighted by Gasteiger charge is 2.21. The predicted molar refractivity (Wildman–Crippen MR) is 231 cm³/mol. The Kier molecular flexibility index (Phi) is 6.60. The van der Waals surface area contributed by atoms with E-state index in [1.54, 1.807) is 0 Å². The molecule has 4 heteroatoms. The first-order valence-electron chi connectivity index (χ1n) is 18.9. The maximum Gasteiger partial charge on any atom is 0.143 e. The molecule has 0 radical (unpaired) electrons. The molecule has 0 fully saturated rings. The second-order valence-corrected chi connectivity index (χ2v) is 14.4. The molecule has 3 aromatic heterocycles. The van der Waals surface area contributed by atoms with Gasteiger partial charge in [-0.1, -0.05) is 127 Å². The van der Waals surface area contributed by atoms with Crippen LogP contribution in [-0.4, -0.2) is 0 Å². The highest BCUT2D eigenvalue weighted by Crippen LogP contribution is 2.45. The average Bonchev–Trinajstić information content (AvgIpc) is 3.95.